The van der Waals surface area contributed by atoms with E-state index in [-0.39, 0.29) is 24.5 Å². The molecule has 0 aliphatic heterocycles. The molecule has 1 saturated carbocycles. The molecular formula is C27H29N5O4. The molecule has 0 saturated heterocycles. The van der Waals surface area contributed by atoms with E-state index in [1.165, 1.54) is 10.9 Å². The van der Waals surface area contributed by atoms with Crippen molar-refractivity contribution in [2.75, 3.05) is 13.7 Å². The van der Waals surface area contributed by atoms with Crippen LogP contribution in [0.1, 0.15) is 30.4 Å². The number of hydrogen-bond acceptors (Lipinski definition) is 5. The third kappa shape index (κ3) is 4.37. The average Bonchev–Trinajstić information content (AvgIpc) is 3.30. The Morgan fingerprint density at radius 3 is 2.36 bits per heavy atom. The summed E-state index contributed by atoms with van der Waals surface area (Å²) < 4.78 is 9.32. The van der Waals surface area contributed by atoms with Crippen molar-refractivity contribution in [3.63, 3.8) is 0 Å². The molecule has 0 atom stereocenters. The topological polar surface area (TPSA) is 100 Å². The highest BCUT2D eigenvalue weighted by molar-refractivity contribution is 5.78. The molecule has 1 aliphatic rings. The lowest BCUT2D eigenvalue weighted by Crippen LogP contribution is -2.53. The van der Waals surface area contributed by atoms with E-state index in [0.717, 1.165) is 35.0 Å². The number of nitrogens with zero attached hydrogens (tertiary/aromatic N) is 4. The highest BCUT2D eigenvalue weighted by atomic mass is 16.5. The van der Waals surface area contributed by atoms with Crippen LogP contribution >= 0.6 is 0 Å². The quantitative estimate of drug-likeness (QED) is 0.390. The fourth-order valence-corrected chi connectivity index (χ4v) is 4.87. The summed E-state index contributed by atoms with van der Waals surface area (Å²) in [6, 6.07) is 19.3. The van der Waals surface area contributed by atoms with Crippen molar-refractivity contribution in [3.8, 4) is 0 Å². The standard InChI is InChI=1S/C27H29N5O4/c1-36-16-15-30-19-28-24-23(30)25(34)32(26(35)31(24)17-20-9-4-2-5-10-20)18-22(33)29-27(13-8-14-27)21-11-6-3-7-12-21/h2-7,9-12,19H,8,13-18H2,1H3,(H,29,33). The van der Waals surface area contributed by atoms with Gasteiger partial charge in [-0.2, -0.15) is 0 Å². The van der Waals surface area contributed by atoms with Crippen LogP contribution in [0.5, 0.6) is 0 Å². The maximum absolute atomic E-state index is 13.6. The molecule has 1 aliphatic carbocycles. The normalized spacial score (nSPS) is 14.5. The van der Waals surface area contributed by atoms with E-state index in [4.69, 9.17) is 4.74 Å². The maximum atomic E-state index is 13.6. The van der Waals surface area contributed by atoms with Gasteiger partial charge < -0.3 is 14.6 Å². The zero-order valence-electron chi connectivity index (χ0n) is 20.2. The van der Waals surface area contributed by atoms with Gasteiger partial charge in [-0.3, -0.25) is 14.2 Å². The lowest BCUT2D eigenvalue weighted by molar-refractivity contribution is -0.125. The molecule has 36 heavy (non-hydrogen) atoms. The van der Waals surface area contributed by atoms with Gasteiger partial charge in [0.15, 0.2) is 11.2 Å². The molecule has 1 N–H and O–H groups in total. The number of hydrogen-bond donors (Lipinski definition) is 1. The van der Waals surface area contributed by atoms with Crippen molar-refractivity contribution in [2.24, 2.45) is 0 Å². The van der Waals surface area contributed by atoms with E-state index in [2.05, 4.69) is 10.3 Å². The van der Waals surface area contributed by atoms with Crippen molar-refractivity contribution in [1.82, 2.24) is 24.0 Å². The lowest BCUT2D eigenvalue weighted by atomic mass is 9.72. The van der Waals surface area contributed by atoms with Crippen LogP contribution < -0.4 is 16.6 Å². The third-order valence-corrected chi connectivity index (χ3v) is 6.92. The Hall–Kier alpha value is -3.98. The van der Waals surface area contributed by atoms with E-state index in [1.807, 2.05) is 60.7 Å². The van der Waals surface area contributed by atoms with Crippen LogP contribution in [0.25, 0.3) is 11.2 Å². The van der Waals surface area contributed by atoms with Gasteiger partial charge >= 0.3 is 5.69 Å². The minimum Gasteiger partial charge on any atom is -0.383 e. The number of carbonyl (C=O) groups is 1. The molecule has 5 rings (SSSR count). The highest BCUT2D eigenvalue weighted by Crippen LogP contribution is 2.41. The van der Waals surface area contributed by atoms with E-state index < -0.39 is 16.8 Å². The van der Waals surface area contributed by atoms with Crippen LogP contribution in [0.15, 0.2) is 76.6 Å². The Morgan fingerprint density at radius 1 is 1.03 bits per heavy atom. The van der Waals surface area contributed by atoms with Crippen LogP contribution in [0.2, 0.25) is 0 Å². The van der Waals surface area contributed by atoms with Crippen molar-refractivity contribution in [1.29, 1.82) is 0 Å². The predicted molar refractivity (Wildman–Crippen MR) is 136 cm³/mol. The second-order valence-corrected chi connectivity index (χ2v) is 9.20. The summed E-state index contributed by atoms with van der Waals surface area (Å²) in [7, 11) is 1.58. The molecule has 4 aromatic rings. The van der Waals surface area contributed by atoms with E-state index >= 15 is 0 Å². The van der Waals surface area contributed by atoms with E-state index in [1.54, 1.807) is 11.7 Å². The van der Waals surface area contributed by atoms with Crippen molar-refractivity contribution >= 4 is 17.1 Å². The molecule has 0 unspecified atom stereocenters. The van der Waals surface area contributed by atoms with Gasteiger partial charge in [0.2, 0.25) is 5.91 Å². The van der Waals surface area contributed by atoms with Gasteiger partial charge in [-0.05, 0) is 30.4 Å². The Balaban J connectivity index is 1.54. The summed E-state index contributed by atoms with van der Waals surface area (Å²) in [6.45, 7) is 0.637. The first-order valence-electron chi connectivity index (χ1n) is 12.1. The number of fused-ring (bicyclic) bond motifs is 1. The predicted octanol–water partition coefficient (Wildman–Crippen LogP) is 2.25. The molecule has 186 valence electrons. The molecule has 1 fully saturated rings. The number of nitrogens with one attached hydrogen (secondary N) is 1. The molecule has 2 aromatic carbocycles. The molecule has 0 spiro atoms. The molecule has 0 bridgehead atoms. The third-order valence-electron chi connectivity index (χ3n) is 6.92. The first-order valence-corrected chi connectivity index (χ1v) is 12.1. The fraction of sp³-hybridized carbons (Fsp3) is 0.333. The fourth-order valence-electron chi connectivity index (χ4n) is 4.87. The summed E-state index contributed by atoms with van der Waals surface area (Å²) in [4.78, 5) is 44.7. The second-order valence-electron chi connectivity index (χ2n) is 9.20. The van der Waals surface area contributed by atoms with Crippen LogP contribution in [0.3, 0.4) is 0 Å². The van der Waals surface area contributed by atoms with Gasteiger partial charge in [0.25, 0.3) is 5.56 Å². The van der Waals surface area contributed by atoms with Crippen molar-refractivity contribution in [2.45, 2.75) is 44.4 Å². The number of methoxy groups -OCH3 is 1. The summed E-state index contributed by atoms with van der Waals surface area (Å²) in [5.41, 5.74) is 0.926. The molecule has 9 heteroatoms. The van der Waals surface area contributed by atoms with Crippen molar-refractivity contribution in [3.05, 3.63) is 99.0 Å². The van der Waals surface area contributed by atoms with Gasteiger partial charge in [0, 0.05) is 13.7 Å². The number of aromatic nitrogens is 4. The maximum Gasteiger partial charge on any atom is 0.333 e. The number of imidazole rings is 1. The number of benzene rings is 2. The number of ether oxygens (including phenoxy) is 1. The highest BCUT2D eigenvalue weighted by Gasteiger charge is 2.40. The Morgan fingerprint density at radius 2 is 1.72 bits per heavy atom. The van der Waals surface area contributed by atoms with Gasteiger partial charge in [-0.1, -0.05) is 60.7 Å². The van der Waals surface area contributed by atoms with Gasteiger partial charge in [-0.25, -0.2) is 14.3 Å². The summed E-state index contributed by atoms with van der Waals surface area (Å²) >= 11 is 0. The van der Waals surface area contributed by atoms with E-state index in [9.17, 15) is 14.4 Å². The number of rotatable bonds is 9. The average molecular weight is 488 g/mol. The number of amides is 1. The smallest absolute Gasteiger partial charge is 0.333 e. The Kier molecular flexibility index (Phi) is 6.56. The first kappa shape index (κ1) is 23.7. The molecule has 1 amide bonds. The van der Waals surface area contributed by atoms with Crippen LogP contribution in [0.4, 0.5) is 0 Å². The molecule has 9 nitrogen and oxygen atoms in total. The van der Waals surface area contributed by atoms with Gasteiger partial charge in [0.1, 0.15) is 6.54 Å². The minimum atomic E-state index is -0.564. The molecule has 2 aromatic heterocycles. The largest absolute Gasteiger partial charge is 0.383 e. The lowest BCUT2D eigenvalue weighted by Gasteiger charge is -2.43. The van der Waals surface area contributed by atoms with Crippen LogP contribution in [-0.2, 0) is 34.7 Å². The van der Waals surface area contributed by atoms with Crippen molar-refractivity contribution < 1.29 is 9.53 Å². The molecular weight excluding hydrogens is 458 g/mol. The number of carbonyl (C=O) groups excluding carboxylic acids is 1. The Bertz CT molecular complexity index is 1480. The monoisotopic (exact) mass is 487 g/mol. The van der Waals surface area contributed by atoms with Gasteiger partial charge in [0.05, 0.1) is 25.0 Å². The van der Waals surface area contributed by atoms with Crippen LogP contribution in [-0.4, -0.2) is 38.3 Å². The minimum absolute atomic E-state index is 0.229. The summed E-state index contributed by atoms with van der Waals surface area (Å²) in [5, 5.41) is 3.12. The molecule has 0 radical (unpaired) electrons. The summed E-state index contributed by atoms with van der Waals surface area (Å²) in [6.07, 6.45) is 4.18. The van der Waals surface area contributed by atoms with Gasteiger partial charge in [-0.15, -0.1) is 0 Å². The zero-order valence-corrected chi connectivity index (χ0v) is 20.2. The zero-order chi connectivity index (χ0) is 25.1. The molecule has 2 heterocycles. The Labute approximate surface area is 208 Å². The first-order chi connectivity index (χ1) is 17.5. The second kappa shape index (κ2) is 9.94. The van der Waals surface area contributed by atoms with Crippen LogP contribution in [0, 0.1) is 0 Å². The van der Waals surface area contributed by atoms with E-state index in [0.29, 0.717) is 18.8 Å². The SMILES string of the molecule is COCCn1cnc2c1c(=O)n(CC(=O)NC1(c3ccccc3)CCC1)c(=O)n2Cc1ccccc1. The summed E-state index contributed by atoms with van der Waals surface area (Å²) in [5.74, 6) is -0.369.